The minimum absolute atomic E-state index is 0.138. The molecule has 1 unspecified atom stereocenters. The predicted molar refractivity (Wildman–Crippen MR) is 71.2 cm³/mol. The van der Waals surface area contributed by atoms with Crippen LogP contribution in [0, 0.1) is 11.3 Å². The molecule has 6 heteroatoms. The molecule has 5 nitrogen and oxygen atoms in total. The summed E-state index contributed by atoms with van der Waals surface area (Å²) in [7, 11) is 0. The summed E-state index contributed by atoms with van der Waals surface area (Å²) in [6.45, 7) is 7.77. The first-order valence-electron chi connectivity index (χ1n) is 6.18. The van der Waals surface area contributed by atoms with E-state index in [2.05, 4.69) is 10.6 Å². The van der Waals surface area contributed by atoms with Crippen LogP contribution in [-0.4, -0.2) is 28.8 Å². The molecule has 0 aromatic rings. The molecule has 1 aliphatic rings. The Balaban J connectivity index is 3.19. The van der Waals surface area contributed by atoms with Crippen molar-refractivity contribution in [3.05, 3.63) is 0 Å². The Morgan fingerprint density at radius 3 is 1.94 bits per heavy atom. The van der Waals surface area contributed by atoms with Gasteiger partial charge in [-0.05, 0) is 18.1 Å². The van der Waals surface area contributed by atoms with Crippen molar-refractivity contribution in [1.29, 1.82) is 0 Å². The van der Waals surface area contributed by atoms with Crippen LogP contribution in [0.15, 0.2) is 0 Å². The van der Waals surface area contributed by atoms with E-state index in [9.17, 15) is 14.4 Å². The van der Waals surface area contributed by atoms with Crippen LogP contribution in [0.5, 0.6) is 0 Å². The summed E-state index contributed by atoms with van der Waals surface area (Å²) < 4.78 is 0. The summed E-state index contributed by atoms with van der Waals surface area (Å²) in [4.78, 5) is 35.5. The van der Waals surface area contributed by atoms with E-state index in [0.29, 0.717) is 6.42 Å². The third kappa shape index (κ3) is 2.39. The molecule has 1 heterocycles. The number of carbonyl (C=O) groups excluding carboxylic acids is 3. The maximum Gasteiger partial charge on any atom is 0.328 e. The summed E-state index contributed by atoms with van der Waals surface area (Å²) in [5.41, 5.74) is -1.15. The van der Waals surface area contributed by atoms with Crippen LogP contribution < -0.4 is 10.6 Å². The normalized spacial score (nSPS) is 20.6. The van der Waals surface area contributed by atoms with Crippen LogP contribution in [0.3, 0.4) is 0 Å². The van der Waals surface area contributed by atoms with Gasteiger partial charge in [-0.1, -0.05) is 27.7 Å². The van der Waals surface area contributed by atoms with E-state index in [1.54, 1.807) is 18.7 Å². The Morgan fingerprint density at radius 1 is 1.11 bits per heavy atom. The Bertz CT molecular complexity index is 348. The summed E-state index contributed by atoms with van der Waals surface area (Å²) in [5.74, 6) is 0.0374. The van der Waals surface area contributed by atoms with Crippen LogP contribution in [0.1, 0.15) is 34.1 Å². The second-order valence-corrected chi connectivity index (χ2v) is 6.10. The highest BCUT2D eigenvalue weighted by Crippen LogP contribution is 2.41. The smallest absolute Gasteiger partial charge is 0.277 e. The Morgan fingerprint density at radius 2 is 1.61 bits per heavy atom. The average Bonchev–Trinajstić information content (AvgIpc) is 2.27. The van der Waals surface area contributed by atoms with E-state index in [0.717, 1.165) is 5.75 Å². The molecule has 4 amide bonds. The average molecular weight is 272 g/mol. The predicted octanol–water partition coefficient (Wildman–Crippen LogP) is 1.53. The van der Waals surface area contributed by atoms with Gasteiger partial charge >= 0.3 is 6.03 Å². The van der Waals surface area contributed by atoms with E-state index in [1.807, 2.05) is 20.8 Å². The summed E-state index contributed by atoms with van der Waals surface area (Å²) in [6, 6.07) is -0.724. The number of nitrogens with one attached hydrogen (secondary N) is 2. The minimum atomic E-state index is -1.15. The van der Waals surface area contributed by atoms with Gasteiger partial charge in [-0.3, -0.25) is 20.2 Å². The van der Waals surface area contributed by atoms with Gasteiger partial charge in [0.2, 0.25) is 11.8 Å². The lowest BCUT2D eigenvalue weighted by Gasteiger charge is -2.40. The van der Waals surface area contributed by atoms with Crippen LogP contribution in [0.4, 0.5) is 4.79 Å². The van der Waals surface area contributed by atoms with Crippen molar-refractivity contribution >= 4 is 29.6 Å². The number of hydrogen-bond acceptors (Lipinski definition) is 4. The third-order valence-electron chi connectivity index (χ3n) is 3.26. The number of thioether (sulfide) groups is 1. The zero-order valence-corrected chi connectivity index (χ0v) is 12.0. The van der Waals surface area contributed by atoms with E-state index in [4.69, 9.17) is 0 Å². The fourth-order valence-corrected chi connectivity index (χ4v) is 3.84. The maximum atomic E-state index is 12.2. The Labute approximate surface area is 111 Å². The molecule has 0 radical (unpaired) electrons. The fraction of sp³-hybridized carbons (Fsp3) is 0.750. The zero-order chi connectivity index (χ0) is 13.9. The van der Waals surface area contributed by atoms with Gasteiger partial charge in [0.25, 0.3) is 0 Å². The van der Waals surface area contributed by atoms with Crippen LogP contribution in [-0.2, 0) is 9.59 Å². The lowest BCUT2D eigenvalue weighted by molar-refractivity contribution is -0.145. The van der Waals surface area contributed by atoms with Crippen LogP contribution in [0.2, 0.25) is 0 Å². The first kappa shape index (κ1) is 15.0. The molecule has 102 valence electrons. The van der Waals surface area contributed by atoms with Gasteiger partial charge in [0.15, 0.2) is 0 Å². The van der Waals surface area contributed by atoms with Crippen molar-refractivity contribution in [2.45, 2.75) is 39.4 Å². The lowest BCUT2D eigenvalue weighted by Crippen LogP contribution is -2.66. The van der Waals surface area contributed by atoms with E-state index in [-0.39, 0.29) is 11.2 Å². The second kappa shape index (κ2) is 5.73. The van der Waals surface area contributed by atoms with E-state index < -0.39 is 23.3 Å². The molecule has 0 aromatic heterocycles. The van der Waals surface area contributed by atoms with Crippen molar-refractivity contribution in [2.75, 3.05) is 5.75 Å². The standard InChI is InChI=1S/C12H20N2O3S/c1-5-12(8(7(3)4)18-6-2)9(15)13-11(17)14-10(12)16/h7-8H,5-6H2,1-4H3,(H2,13,14,15,16,17). The topological polar surface area (TPSA) is 75.3 Å². The molecular weight excluding hydrogens is 252 g/mol. The minimum Gasteiger partial charge on any atom is -0.277 e. The lowest BCUT2D eigenvalue weighted by atomic mass is 9.74. The zero-order valence-electron chi connectivity index (χ0n) is 11.2. The molecule has 1 saturated heterocycles. The van der Waals surface area contributed by atoms with Crippen LogP contribution in [0.25, 0.3) is 0 Å². The van der Waals surface area contributed by atoms with Gasteiger partial charge in [-0.2, -0.15) is 11.8 Å². The largest absolute Gasteiger partial charge is 0.328 e. The molecule has 2 N–H and O–H groups in total. The second-order valence-electron chi connectivity index (χ2n) is 4.68. The van der Waals surface area contributed by atoms with Gasteiger partial charge in [0.1, 0.15) is 5.41 Å². The first-order valence-corrected chi connectivity index (χ1v) is 7.23. The molecule has 1 atom stereocenters. The first-order chi connectivity index (χ1) is 8.40. The third-order valence-corrected chi connectivity index (χ3v) is 4.90. The maximum absolute atomic E-state index is 12.2. The summed E-state index contributed by atoms with van der Waals surface area (Å²) >= 11 is 1.59. The number of amides is 4. The Hall–Kier alpha value is -1.04. The molecule has 1 fully saturated rings. The number of urea groups is 1. The van der Waals surface area contributed by atoms with Crippen molar-refractivity contribution in [1.82, 2.24) is 10.6 Å². The summed E-state index contributed by atoms with van der Waals surface area (Å²) in [5, 5.41) is 4.31. The number of imide groups is 2. The molecule has 18 heavy (non-hydrogen) atoms. The van der Waals surface area contributed by atoms with Crippen LogP contribution >= 0.6 is 11.8 Å². The molecule has 0 saturated carbocycles. The van der Waals surface area contributed by atoms with Gasteiger partial charge in [-0.15, -0.1) is 0 Å². The molecular formula is C12H20N2O3S. The SMILES string of the molecule is CCSC(C(C)C)C1(CC)C(=O)NC(=O)NC1=O. The van der Waals surface area contributed by atoms with Crippen molar-refractivity contribution < 1.29 is 14.4 Å². The van der Waals surface area contributed by atoms with Crippen molar-refractivity contribution in [3.8, 4) is 0 Å². The van der Waals surface area contributed by atoms with Gasteiger partial charge in [0, 0.05) is 5.25 Å². The van der Waals surface area contributed by atoms with Crippen molar-refractivity contribution in [3.63, 3.8) is 0 Å². The molecule has 0 aromatic carbocycles. The number of rotatable bonds is 5. The molecule has 0 aliphatic carbocycles. The molecule has 1 rings (SSSR count). The quantitative estimate of drug-likeness (QED) is 0.744. The monoisotopic (exact) mass is 272 g/mol. The highest BCUT2D eigenvalue weighted by Gasteiger charge is 2.55. The van der Waals surface area contributed by atoms with Crippen molar-refractivity contribution in [2.24, 2.45) is 11.3 Å². The van der Waals surface area contributed by atoms with Gasteiger partial charge in [0.05, 0.1) is 0 Å². The number of barbiturate groups is 1. The highest BCUT2D eigenvalue weighted by molar-refractivity contribution is 8.00. The fourth-order valence-electron chi connectivity index (χ4n) is 2.43. The highest BCUT2D eigenvalue weighted by atomic mass is 32.2. The number of carbonyl (C=O) groups is 3. The van der Waals surface area contributed by atoms with E-state index >= 15 is 0 Å². The van der Waals surface area contributed by atoms with Gasteiger partial charge in [-0.25, -0.2) is 4.79 Å². The summed E-state index contributed by atoms with van der Waals surface area (Å²) in [6.07, 6.45) is 0.383. The molecule has 0 bridgehead atoms. The molecule has 0 spiro atoms. The van der Waals surface area contributed by atoms with Gasteiger partial charge < -0.3 is 0 Å². The molecule has 1 aliphatic heterocycles. The number of hydrogen-bond donors (Lipinski definition) is 2. The Kier molecular flexibility index (Phi) is 4.78. The van der Waals surface area contributed by atoms with E-state index in [1.165, 1.54) is 0 Å².